The lowest BCUT2D eigenvalue weighted by Gasteiger charge is -2.27. The number of H-pyrrole nitrogens is 1. The van der Waals surface area contributed by atoms with Crippen LogP contribution in [0.1, 0.15) is 43.0 Å². The summed E-state index contributed by atoms with van der Waals surface area (Å²) >= 11 is 0. The van der Waals surface area contributed by atoms with Gasteiger partial charge < -0.3 is 16.0 Å². The summed E-state index contributed by atoms with van der Waals surface area (Å²) < 4.78 is 13.8. The van der Waals surface area contributed by atoms with Crippen molar-refractivity contribution in [2.24, 2.45) is 11.7 Å². The number of primary amides is 1. The second-order valence-electron chi connectivity index (χ2n) is 7.05. The highest BCUT2D eigenvalue weighted by atomic mass is 19.1. The van der Waals surface area contributed by atoms with E-state index in [0.717, 1.165) is 29.7 Å². The quantitative estimate of drug-likeness (QED) is 0.675. The van der Waals surface area contributed by atoms with Crippen LogP contribution in [-0.4, -0.2) is 21.9 Å². The van der Waals surface area contributed by atoms with E-state index in [2.05, 4.69) is 22.2 Å². The Morgan fingerprint density at radius 1 is 1.32 bits per heavy atom. The molecule has 25 heavy (non-hydrogen) atoms. The number of nitrogens with zero attached hydrogens (tertiary/aromatic N) is 1. The van der Waals surface area contributed by atoms with Crippen molar-refractivity contribution in [2.45, 2.75) is 38.6 Å². The van der Waals surface area contributed by atoms with Gasteiger partial charge in [-0.1, -0.05) is 6.92 Å². The van der Waals surface area contributed by atoms with Crippen molar-refractivity contribution in [3.8, 4) is 0 Å². The number of amides is 1. The monoisotopic (exact) mass is 340 g/mol. The van der Waals surface area contributed by atoms with Crippen LogP contribution >= 0.6 is 0 Å². The van der Waals surface area contributed by atoms with Crippen molar-refractivity contribution < 1.29 is 9.18 Å². The fourth-order valence-electron chi connectivity index (χ4n) is 3.76. The van der Waals surface area contributed by atoms with Crippen molar-refractivity contribution in [3.63, 3.8) is 0 Å². The molecule has 0 aliphatic heterocycles. The molecule has 1 amide bonds. The standard InChI is InChI=1S/C19H21FN4O/c1-10-2-5-12(6-3-10)23-19-16-13-8-11(20)4-7-15(13)24-17(16)14(9-22-19)18(21)25/h4,7-10,12,24H,2-3,5-6H2,1H3,(H2,21,25)(H,22,23). The Kier molecular flexibility index (Phi) is 3.82. The zero-order valence-corrected chi connectivity index (χ0v) is 14.1. The first-order valence-corrected chi connectivity index (χ1v) is 8.69. The third-order valence-electron chi connectivity index (χ3n) is 5.21. The zero-order chi connectivity index (χ0) is 17.6. The highest BCUT2D eigenvalue weighted by Gasteiger charge is 2.22. The van der Waals surface area contributed by atoms with Crippen LogP contribution in [0, 0.1) is 11.7 Å². The van der Waals surface area contributed by atoms with Gasteiger partial charge in [0.25, 0.3) is 5.91 Å². The molecular weight excluding hydrogens is 319 g/mol. The Morgan fingerprint density at radius 3 is 2.80 bits per heavy atom. The van der Waals surface area contributed by atoms with Gasteiger partial charge in [-0.2, -0.15) is 0 Å². The number of fused-ring (bicyclic) bond motifs is 3. The molecule has 4 N–H and O–H groups in total. The number of anilines is 1. The van der Waals surface area contributed by atoms with Gasteiger partial charge in [0.2, 0.25) is 0 Å². The molecular formula is C19H21FN4O. The van der Waals surface area contributed by atoms with Gasteiger partial charge in [-0.05, 0) is 49.8 Å². The van der Waals surface area contributed by atoms with Gasteiger partial charge in [0.15, 0.2) is 0 Å². The number of rotatable bonds is 3. The first-order chi connectivity index (χ1) is 12.0. The largest absolute Gasteiger partial charge is 0.367 e. The van der Waals surface area contributed by atoms with E-state index in [1.54, 1.807) is 6.07 Å². The van der Waals surface area contributed by atoms with E-state index in [9.17, 15) is 9.18 Å². The van der Waals surface area contributed by atoms with Gasteiger partial charge in [0.1, 0.15) is 11.6 Å². The lowest BCUT2D eigenvalue weighted by atomic mass is 9.87. The first kappa shape index (κ1) is 15.9. The highest BCUT2D eigenvalue weighted by Crippen LogP contribution is 2.34. The number of halogens is 1. The number of carbonyl (C=O) groups is 1. The molecule has 1 saturated carbocycles. The molecule has 1 fully saturated rings. The summed E-state index contributed by atoms with van der Waals surface area (Å²) in [5, 5.41) is 4.93. The third kappa shape index (κ3) is 2.81. The summed E-state index contributed by atoms with van der Waals surface area (Å²) in [6, 6.07) is 4.87. The Morgan fingerprint density at radius 2 is 2.08 bits per heavy atom. The molecule has 1 aliphatic rings. The average molecular weight is 340 g/mol. The molecule has 2 aromatic heterocycles. The molecule has 5 nitrogen and oxygen atoms in total. The summed E-state index contributed by atoms with van der Waals surface area (Å²) in [7, 11) is 0. The normalized spacial score (nSPS) is 20.9. The van der Waals surface area contributed by atoms with E-state index in [1.165, 1.54) is 31.2 Å². The predicted octanol–water partition coefficient (Wildman–Crippen LogP) is 3.94. The second kappa shape index (κ2) is 6.02. The number of nitrogens with two attached hydrogens (primary N) is 1. The number of carbonyl (C=O) groups excluding carboxylic acids is 1. The Bertz CT molecular complexity index is 957. The number of benzene rings is 1. The van der Waals surface area contributed by atoms with Gasteiger partial charge in [0.05, 0.1) is 16.5 Å². The van der Waals surface area contributed by atoms with Gasteiger partial charge in [-0.15, -0.1) is 0 Å². The fourth-order valence-corrected chi connectivity index (χ4v) is 3.76. The van der Waals surface area contributed by atoms with Gasteiger partial charge in [-0.3, -0.25) is 4.79 Å². The first-order valence-electron chi connectivity index (χ1n) is 8.69. The molecule has 1 aliphatic carbocycles. The molecule has 0 bridgehead atoms. The molecule has 1 aromatic carbocycles. The minimum absolute atomic E-state index is 0.314. The number of nitrogens with one attached hydrogen (secondary N) is 2. The maximum atomic E-state index is 13.8. The molecule has 4 rings (SSSR count). The molecule has 2 heterocycles. The molecule has 0 radical (unpaired) electrons. The molecule has 130 valence electrons. The highest BCUT2D eigenvalue weighted by molar-refractivity contribution is 6.18. The van der Waals surface area contributed by atoms with Crippen LogP contribution in [0.5, 0.6) is 0 Å². The van der Waals surface area contributed by atoms with Crippen LogP contribution in [0.15, 0.2) is 24.4 Å². The lowest BCUT2D eigenvalue weighted by Crippen LogP contribution is -2.26. The molecule has 0 unspecified atom stereocenters. The van der Waals surface area contributed by atoms with Crippen molar-refractivity contribution >= 4 is 33.5 Å². The summed E-state index contributed by atoms with van der Waals surface area (Å²) in [6.45, 7) is 2.27. The molecule has 0 saturated heterocycles. The van der Waals surface area contributed by atoms with E-state index in [4.69, 9.17) is 5.73 Å². The van der Waals surface area contributed by atoms with Crippen LogP contribution < -0.4 is 11.1 Å². The molecule has 6 heteroatoms. The molecule has 0 atom stereocenters. The number of aromatic nitrogens is 2. The van der Waals surface area contributed by atoms with Crippen molar-refractivity contribution in [1.29, 1.82) is 0 Å². The van der Waals surface area contributed by atoms with E-state index < -0.39 is 5.91 Å². The van der Waals surface area contributed by atoms with E-state index in [0.29, 0.717) is 28.3 Å². The van der Waals surface area contributed by atoms with Crippen LogP contribution in [-0.2, 0) is 0 Å². The van der Waals surface area contributed by atoms with Crippen molar-refractivity contribution in [1.82, 2.24) is 9.97 Å². The minimum Gasteiger partial charge on any atom is -0.367 e. The predicted molar refractivity (Wildman–Crippen MR) is 97.1 cm³/mol. The number of hydrogen-bond acceptors (Lipinski definition) is 3. The Balaban J connectivity index is 1.86. The molecule has 3 aromatic rings. The SMILES string of the molecule is CC1CCC(Nc2ncc(C(N)=O)c3[nH]c4ccc(F)cc4c23)CC1. The third-order valence-corrected chi connectivity index (χ3v) is 5.21. The summed E-state index contributed by atoms with van der Waals surface area (Å²) in [6.07, 6.45) is 6.02. The lowest BCUT2D eigenvalue weighted by molar-refractivity contribution is 0.100. The molecule has 0 spiro atoms. The second-order valence-corrected chi connectivity index (χ2v) is 7.05. The van der Waals surface area contributed by atoms with E-state index >= 15 is 0 Å². The van der Waals surface area contributed by atoms with E-state index in [-0.39, 0.29) is 5.82 Å². The zero-order valence-electron chi connectivity index (χ0n) is 14.1. The number of hydrogen-bond donors (Lipinski definition) is 3. The van der Waals surface area contributed by atoms with Crippen LogP contribution in [0.4, 0.5) is 10.2 Å². The summed E-state index contributed by atoms with van der Waals surface area (Å²) in [4.78, 5) is 19.4. The van der Waals surface area contributed by atoms with Crippen molar-refractivity contribution in [3.05, 3.63) is 35.8 Å². The van der Waals surface area contributed by atoms with Gasteiger partial charge in [0, 0.05) is 23.1 Å². The van der Waals surface area contributed by atoms with Gasteiger partial charge >= 0.3 is 0 Å². The van der Waals surface area contributed by atoms with Crippen LogP contribution in [0.3, 0.4) is 0 Å². The topological polar surface area (TPSA) is 83.8 Å². The Hall–Kier alpha value is -2.63. The Labute approximate surface area is 144 Å². The smallest absolute Gasteiger partial charge is 0.252 e. The van der Waals surface area contributed by atoms with E-state index in [1.807, 2.05) is 0 Å². The number of pyridine rings is 1. The van der Waals surface area contributed by atoms with Crippen LogP contribution in [0.25, 0.3) is 21.8 Å². The van der Waals surface area contributed by atoms with Crippen molar-refractivity contribution in [2.75, 3.05) is 5.32 Å². The summed E-state index contributed by atoms with van der Waals surface area (Å²) in [5.41, 5.74) is 7.17. The minimum atomic E-state index is -0.553. The average Bonchev–Trinajstić information content (AvgIpc) is 2.96. The summed E-state index contributed by atoms with van der Waals surface area (Å²) in [5.74, 6) is 0.555. The maximum absolute atomic E-state index is 13.8. The number of aromatic amines is 1. The fraction of sp³-hybridized carbons (Fsp3) is 0.368. The maximum Gasteiger partial charge on any atom is 0.252 e. The van der Waals surface area contributed by atoms with Crippen LogP contribution in [0.2, 0.25) is 0 Å². The van der Waals surface area contributed by atoms with Gasteiger partial charge in [-0.25, -0.2) is 9.37 Å².